The van der Waals surface area contributed by atoms with E-state index in [4.69, 9.17) is 35.4 Å². The molecule has 0 atom stereocenters. The highest BCUT2D eigenvalue weighted by Crippen LogP contribution is 2.24. The molecule has 3 nitrogen and oxygen atoms in total. The first kappa shape index (κ1) is 15.0. The maximum absolute atomic E-state index is 10.9. The molecule has 8 heteroatoms. The molecule has 0 aliphatic rings. The number of halogens is 2. The lowest BCUT2D eigenvalue weighted by atomic mass is 10.2. The topological polar surface area (TPSA) is 46.2 Å². The Bertz CT molecular complexity index is 531. The number of sulfonamides is 1. The van der Waals surface area contributed by atoms with Gasteiger partial charge >= 0.3 is 0 Å². The summed E-state index contributed by atoms with van der Waals surface area (Å²) in [4.78, 5) is 0. The number of benzene rings is 1. The van der Waals surface area contributed by atoms with Crippen molar-refractivity contribution in [3.63, 3.8) is 0 Å². The van der Waals surface area contributed by atoms with Crippen molar-refractivity contribution in [1.29, 1.82) is 0 Å². The second-order valence-corrected chi connectivity index (χ2v) is 7.41. The van der Waals surface area contributed by atoms with Gasteiger partial charge in [0.25, 0.3) is 0 Å². The van der Waals surface area contributed by atoms with Gasteiger partial charge in [0.15, 0.2) is 0 Å². The van der Waals surface area contributed by atoms with E-state index < -0.39 is 10.0 Å². The zero-order valence-corrected chi connectivity index (χ0v) is 12.7. The maximum atomic E-state index is 10.9. The zero-order chi connectivity index (χ0) is 13.1. The van der Waals surface area contributed by atoms with E-state index in [-0.39, 0.29) is 4.32 Å². The van der Waals surface area contributed by atoms with Crippen LogP contribution < -0.4 is 4.72 Å². The molecule has 0 unspecified atom stereocenters. The van der Waals surface area contributed by atoms with Crippen LogP contribution in [0.2, 0.25) is 10.0 Å². The summed E-state index contributed by atoms with van der Waals surface area (Å²) in [5.41, 5.74) is 0.919. The van der Waals surface area contributed by atoms with Crippen LogP contribution in [0.5, 0.6) is 0 Å². The molecule has 1 N–H and O–H groups in total. The fourth-order valence-corrected chi connectivity index (χ4v) is 3.38. The Kier molecular flexibility index (Phi) is 5.53. The van der Waals surface area contributed by atoms with E-state index in [0.717, 1.165) is 11.8 Å². The second kappa shape index (κ2) is 6.24. The summed E-state index contributed by atoms with van der Waals surface area (Å²) >= 11 is 17.7. The quantitative estimate of drug-likeness (QED) is 0.866. The first-order valence-electron chi connectivity index (χ1n) is 4.36. The van der Waals surface area contributed by atoms with Crippen molar-refractivity contribution < 1.29 is 8.42 Å². The molecule has 0 fully saturated rings. The highest BCUT2D eigenvalue weighted by molar-refractivity contribution is 8.23. The van der Waals surface area contributed by atoms with Crippen LogP contribution in [0.15, 0.2) is 18.2 Å². The van der Waals surface area contributed by atoms with E-state index in [1.54, 1.807) is 12.1 Å². The van der Waals surface area contributed by atoms with Gasteiger partial charge in [0.05, 0.1) is 16.3 Å². The SMILES string of the molecule is CS(=O)(=O)NC(=S)SCc1ccc(Cl)c(Cl)c1. The number of nitrogens with one attached hydrogen (secondary N) is 1. The van der Waals surface area contributed by atoms with Gasteiger partial charge in [0, 0.05) is 5.75 Å². The number of rotatable bonds is 3. The monoisotopic (exact) mass is 329 g/mol. The van der Waals surface area contributed by atoms with Gasteiger partial charge in [0.1, 0.15) is 4.32 Å². The normalized spacial score (nSPS) is 11.2. The van der Waals surface area contributed by atoms with Crippen LogP contribution in [0.4, 0.5) is 0 Å². The van der Waals surface area contributed by atoms with Gasteiger partial charge in [-0.3, -0.25) is 4.72 Å². The Hall–Kier alpha value is -0.0100. The van der Waals surface area contributed by atoms with Crippen molar-refractivity contribution in [3.05, 3.63) is 33.8 Å². The molecule has 0 saturated heterocycles. The minimum Gasteiger partial charge on any atom is -0.269 e. The van der Waals surface area contributed by atoms with Crippen molar-refractivity contribution in [2.75, 3.05) is 6.26 Å². The van der Waals surface area contributed by atoms with Crippen LogP contribution in [0, 0.1) is 0 Å². The largest absolute Gasteiger partial charge is 0.269 e. The standard InChI is InChI=1S/C9H9Cl2NO2S3/c1-17(13,14)12-9(15)16-5-6-2-3-7(10)8(11)4-6/h2-4H,5H2,1H3,(H,12,15). The van der Waals surface area contributed by atoms with Gasteiger partial charge in [-0.1, -0.05) is 53.2 Å². The average Bonchev–Trinajstić information content (AvgIpc) is 2.17. The van der Waals surface area contributed by atoms with Crippen LogP contribution in [0.1, 0.15) is 5.56 Å². The summed E-state index contributed by atoms with van der Waals surface area (Å²) in [5.74, 6) is 0.526. The van der Waals surface area contributed by atoms with Gasteiger partial charge in [-0.05, 0) is 17.7 Å². The number of hydrogen-bond donors (Lipinski definition) is 1. The first-order valence-corrected chi connectivity index (χ1v) is 8.40. The molecule has 1 rings (SSSR count). The molecule has 0 aliphatic carbocycles. The molecule has 17 heavy (non-hydrogen) atoms. The summed E-state index contributed by atoms with van der Waals surface area (Å²) < 4.78 is 24.2. The maximum Gasteiger partial charge on any atom is 0.230 e. The van der Waals surface area contributed by atoms with E-state index in [1.165, 1.54) is 11.8 Å². The molecule has 0 spiro atoms. The van der Waals surface area contributed by atoms with Gasteiger partial charge in [-0.2, -0.15) is 0 Å². The molecular weight excluding hydrogens is 321 g/mol. The second-order valence-electron chi connectivity index (χ2n) is 3.20. The molecule has 0 heterocycles. The molecule has 0 aliphatic heterocycles. The van der Waals surface area contributed by atoms with E-state index in [9.17, 15) is 8.42 Å². The van der Waals surface area contributed by atoms with Crippen molar-refractivity contribution in [1.82, 2.24) is 4.72 Å². The summed E-state index contributed by atoms with van der Waals surface area (Å²) in [7, 11) is -3.30. The van der Waals surface area contributed by atoms with Crippen molar-refractivity contribution >= 4 is 61.5 Å². The van der Waals surface area contributed by atoms with Gasteiger partial charge in [-0.15, -0.1) is 0 Å². The number of thiocarbonyl (C=S) groups is 1. The fourth-order valence-electron chi connectivity index (χ4n) is 0.959. The van der Waals surface area contributed by atoms with Crippen LogP contribution in [-0.2, 0) is 15.8 Å². The summed E-state index contributed by atoms with van der Waals surface area (Å²) in [6.45, 7) is 0. The van der Waals surface area contributed by atoms with Crippen molar-refractivity contribution in [3.8, 4) is 0 Å². The Labute approximate surface area is 120 Å². The van der Waals surface area contributed by atoms with Gasteiger partial charge in [0.2, 0.25) is 10.0 Å². The number of hydrogen-bond acceptors (Lipinski definition) is 4. The van der Waals surface area contributed by atoms with Crippen LogP contribution in [0.25, 0.3) is 0 Å². The van der Waals surface area contributed by atoms with E-state index in [0.29, 0.717) is 15.8 Å². The molecule has 1 aromatic carbocycles. The van der Waals surface area contributed by atoms with E-state index in [1.807, 2.05) is 6.07 Å². The predicted molar refractivity (Wildman–Crippen MR) is 78.3 cm³/mol. The lowest BCUT2D eigenvalue weighted by Crippen LogP contribution is -2.25. The molecule has 0 aromatic heterocycles. The predicted octanol–water partition coefficient (Wildman–Crippen LogP) is 3.06. The summed E-state index contributed by atoms with van der Waals surface area (Å²) in [6, 6.07) is 5.22. The third-order valence-electron chi connectivity index (χ3n) is 1.62. The lowest BCUT2D eigenvalue weighted by molar-refractivity contribution is 0.599. The third kappa shape index (κ3) is 5.92. The minimum absolute atomic E-state index is 0.207. The first-order chi connectivity index (χ1) is 7.78. The Balaban J connectivity index is 2.56. The Morgan fingerprint density at radius 1 is 1.41 bits per heavy atom. The molecule has 94 valence electrons. The van der Waals surface area contributed by atoms with Crippen LogP contribution >= 0.6 is 47.2 Å². The van der Waals surface area contributed by atoms with Crippen LogP contribution in [-0.4, -0.2) is 19.0 Å². The van der Waals surface area contributed by atoms with Crippen LogP contribution in [0.3, 0.4) is 0 Å². The highest BCUT2D eigenvalue weighted by atomic mass is 35.5. The molecule has 0 radical (unpaired) electrons. The third-order valence-corrected chi connectivity index (χ3v) is 4.49. The highest BCUT2D eigenvalue weighted by Gasteiger charge is 2.06. The average molecular weight is 330 g/mol. The zero-order valence-electron chi connectivity index (χ0n) is 8.74. The van der Waals surface area contributed by atoms with E-state index >= 15 is 0 Å². The molecular formula is C9H9Cl2NO2S3. The number of thioether (sulfide) groups is 1. The smallest absolute Gasteiger partial charge is 0.230 e. The molecule has 0 amide bonds. The molecule has 0 bridgehead atoms. The minimum atomic E-state index is -3.30. The lowest BCUT2D eigenvalue weighted by Gasteiger charge is -2.06. The summed E-state index contributed by atoms with van der Waals surface area (Å²) in [6.07, 6.45) is 1.05. The Morgan fingerprint density at radius 2 is 2.06 bits per heavy atom. The Morgan fingerprint density at radius 3 is 2.59 bits per heavy atom. The molecule has 0 saturated carbocycles. The summed E-state index contributed by atoms with van der Waals surface area (Å²) in [5, 5.41) is 0.948. The fraction of sp³-hybridized carbons (Fsp3) is 0.222. The molecule has 1 aromatic rings. The van der Waals surface area contributed by atoms with Gasteiger partial charge in [-0.25, -0.2) is 8.42 Å². The van der Waals surface area contributed by atoms with Gasteiger partial charge < -0.3 is 0 Å². The van der Waals surface area contributed by atoms with E-state index in [2.05, 4.69) is 4.72 Å². The van der Waals surface area contributed by atoms with Crippen molar-refractivity contribution in [2.45, 2.75) is 5.75 Å². The van der Waals surface area contributed by atoms with Crippen molar-refractivity contribution in [2.24, 2.45) is 0 Å².